The molecular formula is C30H30N4O2S. The summed E-state index contributed by atoms with van der Waals surface area (Å²) in [5.41, 5.74) is 4.24. The number of hydrogen-bond acceptors (Lipinski definition) is 4. The molecule has 2 aliphatic rings. The van der Waals surface area contributed by atoms with Gasteiger partial charge >= 0.3 is 0 Å². The van der Waals surface area contributed by atoms with Crippen LogP contribution in [0.5, 0.6) is 11.5 Å². The monoisotopic (exact) mass is 510 g/mol. The summed E-state index contributed by atoms with van der Waals surface area (Å²) in [5.74, 6) is 1.64. The number of nitrogens with zero attached hydrogens (tertiary/aromatic N) is 3. The minimum atomic E-state index is -0.0882. The van der Waals surface area contributed by atoms with Gasteiger partial charge in [-0.3, -0.25) is 4.98 Å². The highest BCUT2D eigenvalue weighted by molar-refractivity contribution is 7.80. The second-order valence-electron chi connectivity index (χ2n) is 9.58. The first-order valence-electron chi connectivity index (χ1n) is 12.8. The first-order valence-corrected chi connectivity index (χ1v) is 13.2. The average Bonchev–Trinajstić information content (AvgIpc) is 3.67. The van der Waals surface area contributed by atoms with Gasteiger partial charge in [-0.05, 0) is 92.1 Å². The van der Waals surface area contributed by atoms with E-state index in [0.717, 1.165) is 54.4 Å². The molecule has 2 aromatic carbocycles. The van der Waals surface area contributed by atoms with Gasteiger partial charge in [-0.2, -0.15) is 0 Å². The third kappa shape index (κ3) is 4.84. The Labute approximate surface area is 222 Å². The van der Waals surface area contributed by atoms with E-state index in [4.69, 9.17) is 21.7 Å². The standard InChI is InChI=1S/C30H30N4O2S/c1-21-8-2-3-12-27(21)36-23-15-13-22(14-16-23)34-29(28(32-30(34)37)25-10-4-5-17-31-25)26-11-6-18-33(26)20-24-9-7-19-35-24/h2-6,8,10-18,24,28-29H,7,9,19-20H2,1H3,(H,32,37)/t24-,28-,29+/m0/s1. The Morgan fingerprint density at radius 2 is 1.86 bits per heavy atom. The van der Waals surface area contributed by atoms with Crippen molar-refractivity contribution in [2.75, 3.05) is 11.5 Å². The Balaban J connectivity index is 1.34. The number of aromatic nitrogens is 2. The van der Waals surface area contributed by atoms with Crippen molar-refractivity contribution >= 4 is 23.0 Å². The second kappa shape index (κ2) is 10.4. The number of rotatable bonds is 7. The first-order chi connectivity index (χ1) is 18.2. The molecule has 2 fully saturated rings. The van der Waals surface area contributed by atoms with Crippen molar-refractivity contribution < 1.29 is 9.47 Å². The highest BCUT2D eigenvalue weighted by Gasteiger charge is 2.42. The van der Waals surface area contributed by atoms with Gasteiger partial charge in [0.05, 0.1) is 17.8 Å². The molecule has 6 rings (SSSR count). The van der Waals surface area contributed by atoms with Gasteiger partial charge in [-0.1, -0.05) is 24.3 Å². The lowest BCUT2D eigenvalue weighted by molar-refractivity contribution is 0.0961. The van der Waals surface area contributed by atoms with Crippen LogP contribution in [0.1, 0.15) is 41.9 Å². The lowest BCUT2D eigenvalue weighted by Crippen LogP contribution is -2.31. The topological polar surface area (TPSA) is 51.5 Å². The van der Waals surface area contributed by atoms with Crippen LogP contribution in [0.4, 0.5) is 5.69 Å². The largest absolute Gasteiger partial charge is 0.457 e. The third-order valence-electron chi connectivity index (χ3n) is 7.13. The average molecular weight is 511 g/mol. The molecule has 0 saturated carbocycles. The minimum absolute atomic E-state index is 0.0676. The summed E-state index contributed by atoms with van der Waals surface area (Å²) in [6, 6.07) is 26.3. The van der Waals surface area contributed by atoms with E-state index < -0.39 is 0 Å². The summed E-state index contributed by atoms with van der Waals surface area (Å²) in [4.78, 5) is 6.88. The van der Waals surface area contributed by atoms with Gasteiger partial charge in [0, 0.05) is 36.9 Å². The van der Waals surface area contributed by atoms with Gasteiger partial charge in [0.1, 0.15) is 17.5 Å². The Kier molecular flexibility index (Phi) is 6.64. The SMILES string of the molecule is Cc1ccccc1Oc1ccc(N2C(=S)N[C@@H](c3ccccn3)[C@H]2c2cccn2C[C@@H]2CCCO2)cc1. The second-order valence-corrected chi connectivity index (χ2v) is 9.97. The fourth-order valence-electron chi connectivity index (χ4n) is 5.28. The molecule has 0 bridgehead atoms. The smallest absolute Gasteiger partial charge is 0.174 e. The van der Waals surface area contributed by atoms with E-state index in [9.17, 15) is 0 Å². The van der Waals surface area contributed by atoms with Crippen LogP contribution >= 0.6 is 12.2 Å². The lowest BCUT2D eigenvalue weighted by Gasteiger charge is -2.29. The van der Waals surface area contributed by atoms with Crippen molar-refractivity contribution in [3.05, 3.63) is 108 Å². The predicted octanol–water partition coefficient (Wildman–Crippen LogP) is 6.34. The third-order valence-corrected chi connectivity index (χ3v) is 7.44. The van der Waals surface area contributed by atoms with Gasteiger partial charge in [-0.25, -0.2) is 0 Å². The van der Waals surface area contributed by atoms with Crippen molar-refractivity contribution in [2.24, 2.45) is 0 Å². The maximum atomic E-state index is 6.14. The van der Waals surface area contributed by atoms with E-state index >= 15 is 0 Å². The molecule has 0 unspecified atom stereocenters. The molecule has 4 aromatic rings. The van der Waals surface area contributed by atoms with Gasteiger partial charge in [0.2, 0.25) is 0 Å². The quantitative estimate of drug-likeness (QED) is 0.293. The molecule has 0 radical (unpaired) electrons. The number of anilines is 1. The highest BCUT2D eigenvalue weighted by Crippen LogP contribution is 2.42. The number of para-hydroxylation sites is 1. The summed E-state index contributed by atoms with van der Waals surface area (Å²) in [6.45, 7) is 3.72. The van der Waals surface area contributed by atoms with Crippen molar-refractivity contribution in [1.29, 1.82) is 0 Å². The van der Waals surface area contributed by atoms with Crippen LogP contribution in [-0.2, 0) is 11.3 Å². The number of pyridine rings is 1. The van der Waals surface area contributed by atoms with Gasteiger partial charge in [0.25, 0.3) is 0 Å². The van der Waals surface area contributed by atoms with Crippen LogP contribution in [-0.4, -0.2) is 27.4 Å². The Hall–Kier alpha value is -3.68. The van der Waals surface area contributed by atoms with Gasteiger partial charge in [0.15, 0.2) is 5.11 Å². The molecule has 0 spiro atoms. The van der Waals surface area contributed by atoms with E-state index in [1.165, 1.54) is 5.69 Å². The van der Waals surface area contributed by atoms with E-state index in [1.807, 2.05) is 61.7 Å². The fraction of sp³-hybridized carbons (Fsp3) is 0.267. The number of benzene rings is 2. The predicted molar refractivity (Wildman–Crippen MR) is 149 cm³/mol. The number of thiocarbonyl (C=S) groups is 1. The molecule has 3 atom stereocenters. The molecule has 1 N–H and O–H groups in total. The zero-order chi connectivity index (χ0) is 25.2. The maximum absolute atomic E-state index is 6.14. The van der Waals surface area contributed by atoms with Crippen LogP contribution in [0.3, 0.4) is 0 Å². The van der Waals surface area contributed by atoms with E-state index in [0.29, 0.717) is 5.11 Å². The molecule has 2 aromatic heterocycles. The minimum Gasteiger partial charge on any atom is -0.457 e. The Morgan fingerprint density at radius 1 is 1.03 bits per heavy atom. The van der Waals surface area contributed by atoms with E-state index in [-0.39, 0.29) is 18.2 Å². The van der Waals surface area contributed by atoms with Gasteiger partial charge < -0.3 is 24.3 Å². The molecule has 37 heavy (non-hydrogen) atoms. The first kappa shape index (κ1) is 23.7. The van der Waals surface area contributed by atoms with Gasteiger partial charge in [-0.15, -0.1) is 0 Å². The zero-order valence-corrected chi connectivity index (χ0v) is 21.6. The van der Waals surface area contributed by atoms with E-state index in [1.54, 1.807) is 0 Å². The molecule has 6 nitrogen and oxygen atoms in total. The summed E-state index contributed by atoms with van der Waals surface area (Å²) in [5, 5.41) is 4.24. The normalized spacial score (nSPS) is 21.3. The fourth-order valence-corrected chi connectivity index (χ4v) is 5.62. The van der Waals surface area contributed by atoms with Crippen molar-refractivity contribution in [3.63, 3.8) is 0 Å². The lowest BCUT2D eigenvalue weighted by atomic mass is 10.0. The van der Waals surface area contributed by atoms with Crippen molar-refractivity contribution in [3.8, 4) is 11.5 Å². The molecule has 0 aliphatic carbocycles. The number of ether oxygens (including phenoxy) is 2. The Morgan fingerprint density at radius 3 is 2.62 bits per heavy atom. The number of hydrogen-bond donors (Lipinski definition) is 1. The molecule has 2 aliphatic heterocycles. The zero-order valence-electron chi connectivity index (χ0n) is 20.8. The van der Waals surface area contributed by atoms with Crippen LogP contribution in [0.15, 0.2) is 91.3 Å². The molecule has 2 saturated heterocycles. The van der Waals surface area contributed by atoms with Crippen LogP contribution in [0, 0.1) is 6.92 Å². The maximum Gasteiger partial charge on any atom is 0.174 e. The van der Waals surface area contributed by atoms with Crippen LogP contribution < -0.4 is 15.0 Å². The molecular weight excluding hydrogens is 480 g/mol. The van der Waals surface area contributed by atoms with E-state index in [2.05, 4.69) is 56.3 Å². The summed E-state index contributed by atoms with van der Waals surface area (Å²) in [6.07, 6.45) is 6.44. The summed E-state index contributed by atoms with van der Waals surface area (Å²) in [7, 11) is 0. The number of aryl methyl sites for hydroxylation is 1. The van der Waals surface area contributed by atoms with Crippen molar-refractivity contribution in [1.82, 2.24) is 14.9 Å². The molecule has 4 heterocycles. The number of nitrogens with one attached hydrogen (secondary N) is 1. The summed E-state index contributed by atoms with van der Waals surface area (Å²) >= 11 is 5.91. The molecule has 188 valence electrons. The van der Waals surface area contributed by atoms with Crippen molar-refractivity contribution in [2.45, 2.75) is 44.5 Å². The molecule has 7 heteroatoms. The van der Waals surface area contributed by atoms with Crippen LogP contribution in [0.25, 0.3) is 0 Å². The highest BCUT2D eigenvalue weighted by atomic mass is 32.1. The summed E-state index contributed by atoms with van der Waals surface area (Å²) < 4.78 is 14.4. The van der Waals surface area contributed by atoms with Crippen LogP contribution in [0.2, 0.25) is 0 Å². The Bertz CT molecular complexity index is 1370. The molecule has 0 amide bonds.